The van der Waals surface area contributed by atoms with Gasteiger partial charge >= 0.3 is 0 Å². The van der Waals surface area contributed by atoms with Crippen LogP contribution in [0.5, 0.6) is 0 Å². The number of para-hydroxylation sites is 1. The number of hydrogen-bond acceptors (Lipinski definition) is 9. The third-order valence-electron chi connectivity index (χ3n) is 14.0. The summed E-state index contributed by atoms with van der Waals surface area (Å²) in [6.45, 7) is 16.2. The Kier molecular flexibility index (Phi) is 15.2. The molecule has 1 amide bonds. The van der Waals surface area contributed by atoms with E-state index in [2.05, 4.69) is 101 Å². The van der Waals surface area contributed by atoms with Crippen LogP contribution >= 0.6 is 0 Å². The first-order valence-corrected chi connectivity index (χ1v) is 26.7. The quantitative estimate of drug-likeness (QED) is 0.0677. The van der Waals surface area contributed by atoms with Crippen molar-refractivity contribution in [1.29, 1.82) is 0 Å². The highest BCUT2D eigenvalue weighted by molar-refractivity contribution is 7.86. The zero-order valence-corrected chi connectivity index (χ0v) is 41.9. The monoisotopic (exact) mass is 953 g/mol. The van der Waals surface area contributed by atoms with Gasteiger partial charge in [0.15, 0.2) is 5.71 Å². The van der Waals surface area contributed by atoms with E-state index >= 15 is 0 Å². The predicted molar refractivity (Wildman–Crippen MR) is 270 cm³/mol. The number of amides is 1. The lowest BCUT2D eigenvalue weighted by Gasteiger charge is -2.32. The number of carbonyl (C=O) groups excluding carboxylic acids is 1. The number of carbonyl (C=O) groups is 1. The normalized spacial score (nSPS) is 20.0. The first-order valence-electron chi connectivity index (χ1n) is 23.7. The number of anilines is 3. The molecule has 1 aliphatic carbocycles. The van der Waals surface area contributed by atoms with Crippen molar-refractivity contribution in [2.24, 2.45) is 0 Å². The Hall–Kier alpha value is -4.90. The Morgan fingerprint density at radius 3 is 2.25 bits per heavy atom. The first kappa shape index (κ1) is 50.0. The molecule has 360 valence electrons. The van der Waals surface area contributed by atoms with Gasteiger partial charge in [0.05, 0.1) is 22.6 Å². The summed E-state index contributed by atoms with van der Waals surface area (Å²) in [5.41, 5.74) is 10.2. The summed E-state index contributed by atoms with van der Waals surface area (Å²) in [6.07, 6.45) is 14.2. The number of hydrogen-bond donors (Lipinski definition) is 3. The number of fused-ring (bicyclic) bond motifs is 2. The molecule has 67 heavy (non-hydrogen) atoms. The minimum absolute atomic E-state index is 0.0482. The van der Waals surface area contributed by atoms with Crippen molar-refractivity contribution >= 4 is 54.6 Å². The van der Waals surface area contributed by atoms with Gasteiger partial charge in [0.1, 0.15) is 6.54 Å². The molecule has 0 aromatic heterocycles. The number of benzene rings is 3. The number of rotatable bonds is 17. The Morgan fingerprint density at radius 1 is 0.851 bits per heavy atom. The van der Waals surface area contributed by atoms with Crippen LogP contribution in [-0.2, 0) is 35.9 Å². The second-order valence-corrected chi connectivity index (χ2v) is 22.5. The molecule has 0 spiro atoms. The molecule has 3 N–H and O–H groups in total. The number of piperazine rings is 1. The lowest BCUT2D eigenvalue weighted by Crippen LogP contribution is -2.48. The van der Waals surface area contributed by atoms with Gasteiger partial charge in [-0.05, 0) is 118 Å². The third kappa shape index (κ3) is 11.4. The minimum atomic E-state index is -4.47. The van der Waals surface area contributed by atoms with Crippen LogP contribution in [0.4, 0.5) is 22.7 Å². The molecule has 3 aromatic carbocycles. The van der Waals surface area contributed by atoms with E-state index in [-0.39, 0.29) is 28.4 Å². The first-order chi connectivity index (χ1) is 31.7. The number of nitrogens with one attached hydrogen (secondary N) is 1. The maximum Gasteiger partial charge on any atom is 0.294 e. The van der Waals surface area contributed by atoms with Gasteiger partial charge in [-0.2, -0.15) is 21.4 Å². The fourth-order valence-corrected chi connectivity index (χ4v) is 11.0. The fraction of sp³-hybridized carbons (Fsp3) is 0.462. The molecule has 3 aromatic rings. The van der Waals surface area contributed by atoms with E-state index in [1.165, 1.54) is 29.1 Å². The molecule has 13 nitrogen and oxygen atoms in total. The van der Waals surface area contributed by atoms with Crippen molar-refractivity contribution in [2.75, 3.05) is 80.8 Å². The largest absolute Gasteiger partial charge is 0.355 e. The van der Waals surface area contributed by atoms with Gasteiger partial charge in [-0.3, -0.25) is 18.8 Å². The fourth-order valence-electron chi connectivity index (χ4n) is 9.95. The maximum atomic E-state index is 13.4. The van der Waals surface area contributed by atoms with Crippen molar-refractivity contribution in [2.45, 2.75) is 95.3 Å². The highest BCUT2D eigenvalue weighted by Crippen LogP contribution is 2.49. The molecule has 1 saturated heterocycles. The van der Waals surface area contributed by atoms with Gasteiger partial charge in [-0.1, -0.05) is 57.5 Å². The lowest BCUT2D eigenvalue weighted by atomic mass is 9.81. The molecule has 3 aliphatic heterocycles. The topological polar surface area (TPSA) is 154 Å². The molecule has 0 bridgehead atoms. The number of likely N-dealkylation sites (N-methyl/N-ethyl adjacent to an activating group) is 2. The van der Waals surface area contributed by atoms with E-state index in [0.717, 1.165) is 110 Å². The van der Waals surface area contributed by atoms with Crippen LogP contribution in [0.15, 0.2) is 118 Å². The van der Waals surface area contributed by atoms with Crippen LogP contribution in [0.25, 0.3) is 0 Å². The van der Waals surface area contributed by atoms with Crippen LogP contribution in [0, 0.1) is 0 Å². The average molecular weight is 954 g/mol. The van der Waals surface area contributed by atoms with Gasteiger partial charge < -0.3 is 20.0 Å². The summed E-state index contributed by atoms with van der Waals surface area (Å²) in [7, 11) is -4.68. The van der Waals surface area contributed by atoms with Crippen molar-refractivity contribution in [3.8, 4) is 0 Å². The number of nitrogens with zero attached hydrogens (tertiary/aromatic N) is 5. The van der Waals surface area contributed by atoms with Crippen LogP contribution in [-0.4, -0.2) is 118 Å². The molecular weight excluding hydrogens is 885 g/mol. The molecule has 0 saturated carbocycles. The predicted octanol–water partition coefficient (Wildman–Crippen LogP) is 8.70. The smallest absolute Gasteiger partial charge is 0.294 e. The Balaban J connectivity index is 1.27. The SMILES string of the molecule is CCCC[N+]1=C(C=CC2=C(Nc3ccc(N(C)C(=O)CN4CCN(C)CC4)cc3)C(=CC=C3N(CCCCS(=O)(=O)O)c4ccc(S(=O)(=O)O)cc4C3(C)C)CCC2)C(C)(C)c2ccccc21. The summed E-state index contributed by atoms with van der Waals surface area (Å²) in [5, 5.41) is 3.81. The third-order valence-corrected chi connectivity index (χ3v) is 15.7. The van der Waals surface area contributed by atoms with Crippen molar-refractivity contribution in [1.82, 2.24) is 9.80 Å². The maximum absolute atomic E-state index is 13.4. The Morgan fingerprint density at radius 2 is 1.57 bits per heavy atom. The average Bonchev–Trinajstić information content (AvgIpc) is 3.63. The van der Waals surface area contributed by atoms with Crippen LogP contribution in [0.2, 0.25) is 0 Å². The second kappa shape index (κ2) is 20.4. The second-order valence-electron chi connectivity index (χ2n) is 19.5. The van der Waals surface area contributed by atoms with E-state index in [1.54, 1.807) is 11.0 Å². The van der Waals surface area contributed by atoms with Crippen molar-refractivity contribution < 1.29 is 35.3 Å². The molecule has 0 atom stereocenters. The van der Waals surface area contributed by atoms with Gasteiger partial charge in [0.25, 0.3) is 20.2 Å². The summed E-state index contributed by atoms with van der Waals surface area (Å²) >= 11 is 0. The molecule has 0 radical (unpaired) electrons. The van der Waals surface area contributed by atoms with Crippen LogP contribution < -0.4 is 15.1 Å². The van der Waals surface area contributed by atoms with E-state index in [4.69, 9.17) is 0 Å². The Labute approximate surface area is 398 Å². The molecule has 15 heteroatoms. The van der Waals surface area contributed by atoms with Crippen LogP contribution in [0.3, 0.4) is 0 Å². The van der Waals surface area contributed by atoms with Gasteiger partial charge in [-0.15, -0.1) is 0 Å². The molecule has 7 rings (SSSR count). The van der Waals surface area contributed by atoms with E-state index < -0.39 is 25.7 Å². The van der Waals surface area contributed by atoms with Crippen molar-refractivity contribution in [3.05, 3.63) is 125 Å². The van der Waals surface area contributed by atoms with E-state index in [1.807, 2.05) is 45.2 Å². The Bertz CT molecular complexity index is 2730. The number of allylic oxidation sites excluding steroid dienone is 7. The van der Waals surface area contributed by atoms with Gasteiger partial charge in [0.2, 0.25) is 11.6 Å². The zero-order chi connectivity index (χ0) is 48.3. The molecule has 4 aliphatic rings. The van der Waals surface area contributed by atoms with E-state index in [0.29, 0.717) is 19.5 Å². The van der Waals surface area contributed by atoms with Gasteiger partial charge in [0, 0.05) is 97.8 Å². The summed E-state index contributed by atoms with van der Waals surface area (Å²) < 4.78 is 69.8. The molecule has 1 fully saturated rings. The zero-order valence-electron chi connectivity index (χ0n) is 40.3. The highest BCUT2D eigenvalue weighted by atomic mass is 32.2. The molecular formula is C52H69N6O7S2+. The van der Waals surface area contributed by atoms with Crippen molar-refractivity contribution in [3.63, 3.8) is 0 Å². The number of unbranched alkanes of at least 4 members (excludes halogenated alkanes) is 2. The van der Waals surface area contributed by atoms with E-state index in [9.17, 15) is 30.7 Å². The molecule has 0 unspecified atom stereocenters. The lowest BCUT2D eigenvalue weighted by molar-refractivity contribution is -0.438. The minimum Gasteiger partial charge on any atom is -0.355 e. The highest BCUT2D eigenvalue weighted by Gasteiger charge is 2.44. The summed E-state index contributed by atoms with van der Waals surface area (Å²) in [6, 6.07) is 21.3. The molecule has 3 heterocycles. The standard InChI is InChI=1S/C52H68N6O7S2/c1-8-9-29-57-45-18-11-10-17-43(45)51(2,3)47(57)27-19-38-15-14-16-39(50(38)53-40-21-23-41(24-22-40)55(7)49(59)37-56-33-31-54(6)32-34-56)20-28-48-52(4,5)44-36-42(67(63,64)65)25-26-46(44)58(48)30-12-13-35-66(60,61)62/h10-11,17-28,36H,8-9,12-16,29-35,37H2,1-7H3,(H2,60,61,62,63,64,65)/p+1. The van der Waals surface area contributed by atoms with Gasteiger partial charge in [-0.25, -0.2) is 0 Å². The van der Waals surface area contributed by atoms with Crippen LogP contribution in [0.1, 0.15) is 90.7 Å². The summed E-state index contributed by atoms with van der Waals surface area (Å²) in [4.78, 5) is 21.5. The summed E-state index contributed by atoms with van der Waals surface area (Å²) in [5.74, 6) is -0.312.